The van der Waals surface area contributed by atoms with Gasteiger partial charge < -0.3 is 15.1 Å². The van der Waals surface area contributed by atoms with Gasteiger partial charge in [-0.3, -0.25) is 9.69 Å². The Morgan fingerprint density at radius 2 is 1.72 bits per heavy atom. The predicted octanol–water partition coefficient (Wildman–Crippen LogP) is 2.97. The Kier molecular flexibility index (Phi) is 8.92. The summed E-state index contributed by atoms with van der Waals surface area (Å²) in [6.07, 6.45) is 4.41. The number of hydrogen-bond acceptors (Lipinski definition) is 4. The zero-order valence-electron chi connectivity index (χ0n) is 16.7. The third-order valence-corrected chi connectivity index (χ3v) is 5.62. The summed E-state index contributed by atoms with van der Waals surface area (Å²) in [7, 11) is 0. The Morgan fingerprint density at radius 1 is 1.07 bits per heavy atom. The van der Waals surface area contributed by atoms with Crippen LogP contribution in [0.3, 0.4) is 0 Å². The van der Waals surface area contributed by atoms with Gasteiger partial charge in [0.2, 0.25) is 5.91 Å². The van der Waals surface area contributed by atoms with Crippen molar-refractivity contribution in [3.05, 3.63) is 34.9 Å². The van der Waals surface area contributed by atoms with Gasteiger partial charge >= 0.3 is 11.9 Å². The second kappa shape index (κ2) is 11.2. The van der Waals surface area contributed by atoms with Gasteiger partial charge in [-0.15, -0.1) is 0 Å². The summed E-state index contributed by atoms with van der Waals surface area (Å²) < 4.78 is 0. The summed E-state index contributed by atoms with van der Waals surface area (Å²) >= 11 is 6.06. The van der Waals surface area contributed by atoms with Crippen molar-refractivity contribution in [2.24, 2.45) is 11.8 Å². The van der Waals surface area contributed by atoms with Crippen LogP contribution in [0.25, 0.3) is 0 Å². The lowest BCUT2D eigenvalue weighted by molar-refractivity contribution is -0.159. The summed E-state index contributed by atoms with van der Waals surface area (Å²) in [5.41, 5.74) is 1.26. The first kappa shape index (κ1) is 23.2. The van der Waals surface area contributed by atoms with Gasteiger partial charge in [0, 0.05) is 30.6 Å². The molecule has 1 unspecified atom stereocenters. The average Bonchev–Trinajstić information content (AvgIpc) is 2.68. The largest absolute Gasteiger partial charge is 0.473 e. The summed E-state index contributed by atoms with van der Waals surface area (Å²) in [6.45, 7) is 7.13. The predicted molar refractivity (Wildman–Crippen MR) is 110 cm³/mol. The summed E-state index contributed by atoms with van der Waals surface area (Å²) in [5.74, 6) is -2.35. The van der Waals surface area contributed by atoms with Gasteiger partial charge in [-0.05, 0) is 62.4 Å². The summed E-state index contributed by atoms with van der Waals surface area (Å²) in [4.78, 5) is 35.5. The Balaban J connectivity index is 0.000000438. The molecule has 2 aliphatic heterocycles. The number of carbonyl (C=O) groups excluding carboxylic acids is 1. The number of hydrogen-bond donors (Lipinski definition) is 2. The molecule has 0 bridgehead atoms. The van der Waals surface area contributed by atoms with E-state index in [-0.39, 0.29) is 5.92 Å². The molecule has 7 nitrogen and oxygen atoms in total. The highest BCUT2D eigenvalue weighted by molar-refractivity contribution is 6.30. The lowest BCUT2D eigenvalue weighted by atomic mass is 9.92. The molecule has 2 N–H and O–H groups in total. The second-order valence-electron chi connectivity index (χ2n) is 7.82. The van der Waals surface area contributed by atoms with Crippen molar-refractivity contribution < 1.29 is 24.6 Å². The molecular formula is C21H29ClN2O5. The zero-order chi connectivity index (χ0) is 21.4. The highest BCUT2D eigenvalue weighted by atomic mass is 35.5. The van der Waals surface area contributed by atoms with Crippen LogP contribution in [-0.2, 0) is 20.9 Å². The Hall–Kier alpha value is -2.12. The fourth-order valence-corrected chi connectivity index (χ4v) is 4.09. The normalized spacial score (nSPS) is 20.5. The lowest BCUT2D eigenvalue weighted by Crippen LogP contribution is -2.45. The topological polar surface area (TPSA) is 98.2 Å². The fourth-order valence-electron chi connectivity index (χ4n) is 3.88. The number of piperidine rings is 2. The highest BCUT2D eigenvalue weighted by Gasteiger charge is 2.30. The zero-order valence-corrected chi connectivity index (χ0v) is 17.5. The number of benzene rings is 1. The quantitative estimate of drug-likeness (QED) is 0.724. The molecule has 0 aromatic heterocycles. The molecular weight excluding hydrogens is 396 g/mol. The standard InChI is InChI=1S/C19H27ClN2O.C2H2O4/c1-15-4-3-9-22(13-15)19(23)17-7-10-21(11-8-17)14-16-5-2-6-18(20)12-16;3-1(4)2(5)6/h2,5-6,12,15,17H,3-4,7-11,13-14H2,1H3;(H,3,4)(H,5,6). The van der Waals surface area contributed by atoms with Crippen LogP contribution >= 0.6 is 11.6 Å². The van der Waals surface area contributed by atoms with Crippen molar-refractivity contribution >= 4 is 29.4 Å². The molecule has 8 heteroatoms. The van der Waals surface area contributed by atoms with Crippen molar-refractivity contribution in [1.29, 1.82) is 0 Å². The number of nitrogens with zero attached hydrogens (tertiary/aromatic N) is 2. The minimum atomic E-state index is -1.82. The average molecular weight is 425 g/mol. The first-order valence-corrected chi connectivity index (χ1v) is 10.4. The molecule has 3 rings (SSSR count). The number of carboxylic acids is 2. The molecule has 2 saturated heterocycles. The first-order chi connectivity index (χ1) is 13.8. The number of aliphatic carboxylic acids is 2. The van der Waals surface area contributed by atoms with E-state index in [0.29, 0.717) is 11.8 Å². The van der Waals surface area contributed by atoms with Gasteiger partial charge in [-0.1, -0.05) is 30.7 Å². The van der Waals surface area contributed by atoms with Gasteiger partial charge in [-0.2, -0.15) is 0 Å². The van der Waals surface area contributed by atoms with Crippen LogP contribution < -0.4 is 0 Å². The van der Waals surface area contributed by atoms with Crippen LogP contribution in [0.2, 0.25) is 5.02 Å². The Morgan fingerprint density at radius 3 is 2.28 bits per heavy atom. The van der Waals surface area contributed by atoms with Crippen molar-refractivity contribution in [3.63, 3.8) is 0 Å². The number of carboxylic acid groups (broad SMARTS) is 2. The SMILES string of the molecule is CC1CCCN(C(=O)C2CCN(Cc3cccc(Cl)c3)CC2)C1.O=C(O)C(=O)O. The maximum absolute atomic E-state index is 12.7. The fraction of sp³-hybridized carbons (Fsp3) is 0.571. The second-order valence-corrected chi connectivity index (χ2v) is 8.26. The molecule has 1 aromatic rings. The Bertz CT molecular complexity index is 707. The van der Waals surface area contributed by atoms with E-state index in [2.05, 4.69) is 22.8 Å². The van der Waals surface area contributed by atoms with Crippen molar-refractivity contribution in [2.75, 3.05) is 26.2 Å². The molecule has 2 aliphatic rings. The maximum atomic E-state index is 12.7. The van der Waals surface area contributed by atoms with Crippen molar-refractivity contribution in [3.8, 4) is 0 Å². The van der Waals surface area contributed by atoms with Crippen LogP contribution in [0.4, 0.5) is 0 Å². The lowest BCUT2D eigenvalue weighted by Gasteiger charge is -2.37. The number of halogens is 1. The van der Waals surface area contributed by atoms with E-state index in [1.165, 1.54) is 18.4 Å². The van der Waals surface area contributed by atoms with Gasteiger partial charge in [0.1, 0.15) is 0 Å². The van der Waals surface area contributed by atoms with Crippen LogP contribution in [0.15, 0.2) is 24.3 Å². The number of carbonyl (C=O) groups is 3. The van der Waals surface area contributed by atoms with E-state index in [0.717, 1.165) is 50.6 Å². The van der Waals surface area contributed by atoms with E-state index in [1.54, 1.807) is 0 Å². The molecule has 0 spiro atoms. The Labute approximate surface area is 176 Å². The first-order valence-electron chi connectivity index (χ1n) is 9.98. The van der Waals surface area contributed by atoms with Gasteiger partial charge in [0.25, 0.3) is 0 Å². The molecule has 160 valence electrons. The number of likely N-dealkylation sites (tertiary alicyclic amines) is 2. The minimum Gasteiger partial charge on any atom is -0.473 e. The molecule has 1 amide bonds. The molecule has 2 fully saturated rings. The van der Waals surface area contributed by atoms with Crippen LogP contribution in [-0.4, -0.2) is 64.0 Å². The monoisotopic (exact) mass is 424 g/mol. The molecule has 0 saturated carbocycles. The number of amides is 1. The summed E-state index contributed by atoms with van der Waals surface area (Å²) in [5, 5.41) is 15.6. The smallest absolute Gasteiger partial charge is 0.414 e. The van der Waals surface area contributed by atoms with E-state index in [9.17, 15) is 4.79 Å². The molecule has 1 aromatic carbocycles. The van der Waals surface area contributed by atoms with E-state index >= 15 is 0 Å². The van der Waals surface area contributed by atoms with Gasteiger partial charge in [-0.25, -0.2) is 9.59 Å². The molecule has 29 heavy (non-hydrogen) atoms. The molecule has 2 heterocycles. The van der Waals surface area contributed by atoms with Crippen LogP contribution in [0, 0.1) is 11.8 Å². The van der Waals surface area contributed by atoms with Crippen LogP contribution in [0.5, 0.6) is 0 Å². The van der Waals surface area contributed by atoms with Crippen molar-refractivity contribution in [2.45, 2.75) is 39.2 Å². The van der Waals surface area contributed by atoms with Gasteiger partial charge in [0.15, 0.2) is 0 Å². The van der Waals surface area contributed by atoms with Crippen LogP contribution in [0.1, 0.15) is 38.2 Å². The minimum absolute atomic E-state index is 0.232. The molecule has 1 atom stereocenters. The van der Waals surface area contributed by atoms with E-state index in [1.807, 2.05) is 18.2 Å². The van der Waals surface area contributed by atoms with E-state index in [4.69, 9.17) is 31.4 Å². The molecule has 0 aliphatic carbocycles. The van der Waals surface area contributed by atoms with Crippen molar-refractivity contribution in [1.82, 2.24) is 9.80 Å². The highest BCUT2D eigenvalue weighted by Crippen LogP contribution is 2.24. The number of rotatable bonds is 3. The van der Waals surface area contributed by atoms with E-state index < -0.39 is 11.9 Å². The maximum Gasteiger partial charge on any atom is 0.414 e. The molecule has 0 radical (unpaired) electrons. The van der Waals surface area contributed by atoms with Gasteiger partial charge in [0.05, 0.1) is 0 Å². The third kappa shape index (κ3) is 7.66. The summed E-state index contributed by atoms with van der Waals surface area (Å²) in [6, 6.07) is 8.08. The third-order valence-electron chi connectivity index (χ3n) is 5.38.